The van der Waals surface area contributed by atoms with E-state index in [2.05, 4.69) is 5.32 Å². The van der Waals surface area contributed by atoms with Gasteiger partial charge in [0, 0.05) is 0 Å². The van der Waals surface area contributed by atoms with Crippen LogP contribution in [-0.2, 0) is 15.8 Å². The molecule has 1 saturated carbocycles. The van der Waals surface area contributed by atoms with Gasteiger partial charge < -0.3 is 19.6 Å². The van der Waals surface area contributed by atoms with E-state index in [1.54, 1.807) is 26.2 Å². The fraction of sp³-hybridized carbons (Fsp3) is 0.450. The first-order valence-corrected chi connectivity index (χ1v) is 8.67. The number of aliphatic hydroxyl groups is 1. The molecule has 1 heterocycles. The predicted molar refractivity (Wildman–Crippen MR) is 94.4 cm³/mol. The van der Waals surface area contributed by atoms with Crippen LogP contribution in [0.2, 0.25) is 0 Å². The monoisotopic (exact) mass is 343 g/mol. The van der Waals surface area contributed by atoms with Crippen molar-refractivity contribution in [2.75, 3.05) is 13.7 Å². The Hall–Kier alpha value is -2.27. The maximum absolute atomic E-state index is 13.1. The number of carbonyl (C=O) groups is 1. The maximum Gasteiger partial charge on any atom is 0.230 e. The average molecular weight is 343 g/mol. The number of rotatable bonds is 6. The molecule has 5 nitrogen and oxygen atoms in total. The first-order valence-electron chi connectivity index (χ1n) is 8.67. The zero-order valence-corrected chi connectivity index (χ0v) is 14.7. The summed E-state index contributed by atoms with van der Waals surface area (Å²) in [6.07, 6.45) is 5.19. The van der Waals surface area contributed by atoms with E-state index in [1.165, 1.54) is 6.26 Å². The van der Waals surface area contributed by atoms with Crippen LogP contribution in [0.4, 0.5) is 0 Å². The summed E-state index contributed by atoms with van der Waals surface area (Å²) in [5, 5.41) is 13.5. The van der Waals surface area contributed by atoms with Crippen LogP contribution in [-0.4, -0.2) is 24.7 Å². The third kappa shape index (κ3) is 3.42. The van der Waals surface area contributed by atoms with Crippen LogP contribution in [0.25, 0.3) is 0 Å². The molecule has 0 saturated heterocycles. The molecule has 1 aromatic heterocycles. The summed E-state index contributed by atoms with van der Waals surface area (Å²) >= 11 is 0. The fourth-order valence-corrected chi connectivity index (χ4v) is 3.63. The van der Waals surface area contributed by atoms with Gasteiger partial charge in [-0.25, -0.2) is 0 Å². The van der Waals surface area contributed by atoms with Gasteiger partial charge in [0.1, 0.15) is 17.1 Å². The summed E-state index contributed by atoms with van der Waals surface area (Å²) in [6.45, 7) is 1.75. The molecule has 5 heteroatoms. The van der Waals surface area contributed by atoms with Crippen LogP contribution in [0.1, 0.15) is 43.9 Å². The number of hydrogen-bond acceptors (Lipinski definition) is 4. The molecule has 1 atom stereocenters. The Balaban J connectivity index is 1.77. The van der Waals surface area contributed by atoms with Crippen LogP contribution < -0.4 is 10.1 Å². The lowest BCUT2D eigenvalue weighted by Crippen LogP contribution is -2.47. The topological polar surface area (TPSA) is 71.7 Å². The highest BCUT2D eigenvalue weighted by Gasteiger charge is 2.43. The van der Waals surface area contributed by atoms with E-state index in [0.717, 1.165) is 37.0 Å². The second-order valence-corrected chi connectivity index (χ2v) is 6.95. The van der Waals surface area contributed by atoms with E-state index >= 15 is 0 Å². The molecule has 0 aliphatic heterocycles. The van der Waals surface area contributed by atoms with E-state index in [9.17, 15) is 9.90 Å². The lowest BCUT2D eigenvalue weighted by atomic mass is 9.78. The van der Waals surface area contributed by atoms with Crippen LogP contribution >= 0.6 is 0 Å². The van der Waals surface area contributed by atoms with Crippen LogP contribution in [0.3, 0.4) is 0 Å². The van der Waals surface area contributed by atoms with E-state index in [1.807, 2.05) is 24.3 Å². The molecule has 0 spiro atoms. The summed E-state index contributed by atoms with van der Waals surface area (Å²) in [5.74, 6) is 1.18. The molecule has 0 bridgehead atoms. The molecule has 2 aromatic rings. The van der Waals surface area contributed by atoms with E-state index in [-0.39, 0.29) is 12.5 Å². The lowest BCUT2D eigenvalue weighted by Gasteiger charge is -2.30. The molecule has 25 heavy (non-hydrogen) atoms. The number of amides is 1. The van der Waals surface area contributed by atoms with Gasteiger partial charge in [-0.1, -0.05) is 25.0 Å². The maximum atomic E-state index is 13.1. The van der Waals surface area contributed by atoms with Gasteiger partial charge in [-0.3, -0.25) is 4.79 Å². The predicted octanol–water partition coefficient (Wildman–Crippen LogP) is 3.12. The Kier molecular flexibility index (Phi) is 4.86. The van der Waals surface area contributed by atoms with Crippen molar-refractivity contribution in [3.63, 3.8) is 0 Å². The number of methoxy groups -OCH3 is 1. The minimum absolute atomic E-state index is 0.0398. The van der Waals surface area contributed by atoms with Crippen molar-refractivity contribution in [1.82, 2.24) is 5.32 Å². The quantitative estimate of drug-likeness (QED) is 0.845. The molecular formula is C20H25NO4. The molecule has 1 amide bonds. The SMILES string of the molecule is COc1ccc(C2(C(=O)NC[C@@](C)(O)c3ccco3)CCCC2)cc1. The Morgan fingerprint density at radius 2 is 1.96 bits per heavy atom. The summed E-state index contributed by atoms with van der Waals surface area (Å²) in [4.78, 5) is 13.1. The van der Waals surface area contributed by atoms with E-state index < -0.39 is 11.0 Å². The fourth-order valence-electron chi connectivity index (χ4n) is 3.63. The molecule has 2 N–H and O–H groups in total. The second kappa shape index (κ2) is 6.92. The molecule has 0 unspecified atom stereocenters. The van der Waals surface area contributed by atoms with Gasteiger partial charge in [0.25, 0.3) is 0 Å². The highest BCUT2D eigenvalue weighted by atomic mass is 16.5. The summed E-state index contributed by atoms with van der Waals surface area (Å²) in [7, 11) is 1.63. The Morgan fingerprint density at radius 3 is 2.52 bits per heavy atom. The number of ether oxygens (including phenoxy) is 1. The van der Waals surface area contributed by atoms with Crippen molar-refractivity contribution < 1.29 is 19.1 Å². The van der Waals surface area contributed by atoms with Crippen LogP contribution in [0, 0.1) is 0 Å². The largest absolute Gasteiger partial charge is 0.497 e. The van der Waals surface area contributed by atoms with Crippen molar-refractivity contribution in [1.29, 1.82) is 0 Å². The zero-order chi connectivity index (χ0) is 17.9. The number of nitrogens with one attached hydrogen (secondary N) is 1. The summed E-state index contributed by atoms with van der Waals surface area (Å²) in [5.41, 5.74) is -0.773. The third-order valence-electron chi connectivity index (χ3n) is 5.18. The van der Waals surface area contributed by atoms with Crippen LogP contribution in [0.15, 0.2) is 47.1 Å². The van der Waals surface area contributed by atoms with Gasteiger partial charge in [0.2, 0.25) is 5.91 Å². The Labute approximate surface area is 148 Å². The van der Waals surface area contributed by atoms with Crippen molar-refractivity contribution in [2.24, 2.45) is 0 Å². The summed E-state index contributed by atoms with van der Waals surface area (Å²) < 4.78 is 10.5. The minimum Gasteiger partial charge on any atom is -0.497 e. The molecule has 1 fully saturated rings. The number of hydrogen-bond donors (Lipinski definition) is 2. The van der Waals surface area contributed by atoms with Crippen molar-refractivity contribution in [3.05, 3.63) is 54.0 Å². The van der Waals surface area contributed by atoms with Gasteiger partial charge >= 0.3 is 0 Å². The van der Waals surface area contributed by atoms with E-state index in [4.69, 9.17) is 9.15 Å². The molecule has 1 aromatic carbocycles. The van der Waals surface area contributed by atoms with Gasteiger partial charge in [0.05, 0.1) is 25.3 Å². The smallest absolute Gasteiger partial charge is 0.230 e. The molecule has 0 radical (unpaired) electrons. The van der Waals surface area contributed by atoms with Gasteiger partial charge in [-0.05, 0) is 49.6 Å². The number of benzene rings is 1. The standard InChI is InChI=1S/C20H25NO4/c1-19(23,17-6-5-13-25-17)14-21-18(22)20(11-3-4-12-20)15-7-9-16(24-2)10-8-15/h5-10,13,23H,3-4,11-12,14H2,1-2H3,(H,21,22)/t19-/m1/s1. The van der Waals surface area contributed by atoms with Gasteiger partial charge in [-0.2, -0.15) is 0 Å². The first-order chi connectivity index (χ1) is 12.0. The highest BCUT2D eigenvalue weighted by molar-refractivity contribution is 5.88. The van der Waals surface area contributed by atoms with Gasteiger partial charge in [0.15, 0.2) is 0 Å². The molecule has 134 valence electrons. The molecule has 1 aliphatic carbocycles. The highest BCUT2D eigenvalue weighted by Crippen LogP contribution is 2.42. The average Bonchev–Trinajstić information content (AvgIpc) is 3.32. The molecule has 3 rings (SSSR count). The number of furan rings is 1. The third-order valence-corrected chi connectivity index (χ3v) is 5.18. The van der Waals surface area contributed by atoms with Crippen LogP contribution in [0.5, 0.6) is 5.75 Å². The Morgan fingerprint density at radius 1 is 1.28 bits per heavy atom. The van der Waals surface area contributed by atoms with Crippen molar-refractivity contribution in [2.45, 2.75) is 43.6 Å². The van der Waals surface area contributed by atoms with Crippen molar-refractivity contribution >= 4 is 5.91 Å². The summed E-state index contributed by atoms with van der Waals surface area (Å²) in [6, 6.07) is 11.1. The normalized spacial score (nSPS) is 18.5. The molecule has 1 aliphatic rings. The minimum atomic E-state index is -1.24. The lowest BCUT2D eigenvalue weighted by molar-refractivity contribution is -0.128. The van der Waals surface area contributed by atoms with Gasteiger partial charge in [-0.15, -0.1) is 0 Å². The van der Waals surface area contributed by atoms with E-state index in [0.29, 0.717) is 5.76 Å². The second-order valence-electron chi connectivity index (χ2n) is 6.95. The van der Waals surface area contributed by atoms with Crippen molar-refractivity contribution in [3.8, 4) is 5.75 Å². The molecular weight excluding hydrogens is 318 g/mol. The Bertz CT molecular complexity index is 698. The number of carbonyl (C=O) groups excluding carboxylic acids is 1. The zero-order valence-electron chi connectivity index (χ0n) is 14.7. The first kappa shape index (κ1) is 17.5.